The average molecular weight is 547 g/mol. The van der Waals surface area contributed by atoms with Crippen LogP contribution in [0.1, 0.15) is 24.1 Å². The average Bonchev–Trinajstić information content (AvgIpc) is 2.86. The topological polar surface area (TPSA) is 119 Å². The Kier molecular flexibility index (Phi) is 8.49. The molecule has 0 heterocycles. The summed E-state index contributed by atoms with van der Waals surface area (Å²) in [6.45, 7) is 3.03. The Labute approximate surface area is 218 Å². The van der Waals surface area contributed by atoms with Gasteiger partial charge in [0.1, 0.15) is 18.0 Å². The quantitative estimate of drug-likeness (QED) is 0.413. The van der Waals surface area contributed by atoms with Gasteiger partial charge in [0, 0.05) is 12.3 Å². The molecule has 0 bridgehead atoms. The molecule has 0 saturated carbocycles. The molecule has 11 heteroatoms. The number of hydrogen-bond acceptors (Lipinski definition) is 7. The standard InChI is InChI=1S/C26H30N2O7S2/c1-18-6-11-23(12-7-18)37(32,33)28(24-16-21(34-3)10-15-25(24)35-4)17-26(29)27-19(2)20-8-13-22(14-9-20)36(5,30)31/h6-16,19H,17H2,1-5H3,(H,27,29). The first kappa shape index (κ1) is 28.0. The summed E-state index contributed by atoms with van der Waals surface area (Å²) in [7, 11) is -4.67. The minimum absolute atomic E-state index is 0.0141. The lowest BCUT2D eigenvalue weighted by Crippen LogP contribution is -2.41. The molecular formula is C26H30N2O7S2. The van der Waals surface area contributed by atoms with Crippen molar-refractivity contribution in [3.8, 4) is 11.5 Å². The van der Waals surface area contributed by atoms with Crippen LogP contribution in [0.2, 0.25) is 0 Å². The van der Waals surface area contributed by atoms with E-state index in [2.05, 4.69) is 5.32 Å². The molecule has 3 aromatic carbocycles. The van der Waals surface area contributed by atoms with Crippen LogP contribution >= 0.6 is 0 Å². The lowest BCUT2D eigenvalue weighted by molar-refractivity contribution is -0.120. The van der Waals surface area contributed by atoms with E-state index in [1.807, 2.05) is 6.92 Å². The number of aryl methyl sites for hydroxylation is 1. The fraction of sp³-hybridized carbons (Fsp3) is 0.269. The van der Waals surface area contributed by atoms with Crippen LogP contribution in [0.3, 0.4) is 0 Å². The molecule has 1 amide bonds. The molecule has 0 aliphatic heterocycles. The Balaban J connectivity index is 1.96. The molecule has 0 radical (unpaired) electrons. The molecule has 1 N–H and O–H groups in total. The summed E-state index contributed by atoms with van der Waals surface area (Å²) in [5.74, 6) is 0.0635. The molecule has 37 heavy (non-hydrogen) atoms. The number of carbonyl (C=O) groups is 1. The Hall–Kier alpha value is -3.57. The van der Waals surface area contributed by atoms with Crippen LogP contribution in [-0.2, 0) is 24.7 Å². The number of benzene rings is 3. The van der Waals surface area contributed by atoms with Gasteiger partial charge >= 0.3 is 0 Å². The van der Waals surface area contributed by atoms with Gasteiger partial charge in [-0.15, -0.1) is 0 Å². The number of nitrogens with zero attached hydrogens (tertiary/aromatic N) is 1. The minimum atomic E-state index is -4.18. The summed E-state index contributed by atoms with van der Waals surface area (Å²) in [4.78, 5) is 13.3. The van der Waals surface area contributed by atoms with Gasteiger partial charge in [-0.05, 0) is 55.8 Å². The van der Waals surface area contributed by atoms with Gasteiger partial charge in [-0.25, -0.2) is 16.8 Å². The zero-order valence-corrected chi connectivity index (χ0v) is 22.9. The van der Waals surface area contributed by atoms with Gasteiger partial charge in [0.25, 0.3) is 10.0 Å². The van der Waals surface area contributed by atoms with Crippen molar-refractivity contribution < 1.29 is 31.1 Å². The number of rotatable bonds is 10. The first-order valence-electron chi connectivity index (χ1n) is 11.3. The largest absolute Gasteiger partial charge is 0.497 e. The highest BCUT2D eigenvalue weighted by Crippen LogP contribution is 2.35. The Morgan fingerprint density at radius 1 is 0.892 bits per heavy atom. The van der Waals surface area contributed by atoms with Crippen LogP contribution < -0.4 is 19.1 Å². The molecule has 3 aromatic rings. The SMILES string of the molecule is COc1ccc(OC)c(N(CC(=O)NC(C)c2ccc(S(C)(=O)=O)cc2)S(=O)(=O)c2ccc(C)cc2)c1. The number of carbonyl (C=O) groups excluding carboxylic acids is 1. The zero-order valence-electron chi connectivity index (χ0n) is 21.3. The number of hydrogen-bond donors (Lipinski definition) is 1. The van der Waals surface area contributed by atoms with E-state index in [1.54, 1.807) is 43.3 Å². The third-order valence-electron chi connectivity index (χ3n) is 5.74. The van der Waals surface area contributed by atoms with Crippen LogP contribution in [0.4, 0.5) is 5.69 Å². The van der Waals surface area contributed by atoms with Crippen molar-refractivity contribution in [2.24, 2.45) is 0 Å². The summed E-state index contributed by atoms with van der Waals surface area (Å²) in [5, 5.41) is 2.79. The second kappa shape index (κ2) is 11.2. The van der Waals surface area contributed by atoms with Crippen molar-refractivity contribution in [2.45, 2.75) is 29.7 Å². The number of sulfone groups is 1. The van der Waals surface area contributed by atoms with Gasteiger partial charge in [-0.1, -0.05) is 29.8 Å². The molecule has 0 saturated heterocycles. The Morgan fingerprint density at radius 2 is 1.49 bits per heavy atom. The van der Waals surface area contributed by atoms with Gasteiger partial charge in [0.2, 0.25) is 5.91 Å². The van der Waals surface area contributed by atoms with E-state index in [9.17, 15) is 21.6 Å². The Morgan fingerprint density at radius 3 is 2.03 bits per heavy atom. The maximum absolute atomic E-state index is 13.7. The minimum Gasteiger partial charge on any atom is -0.497 e. The zero-order chi connectivity index (χ0) is 27.4. The van der Waals surface area contributed by atoms with E-state index in [4.69, 9.17) is 9.47 Å². The fourth-order valence-corrected chi connectivity index (χ4v) is 5.69. The fourth-order valence-electron chi connectivity index (χ4n) is 3.63. The number of methoxy groups -OCH3 is 2. The lowest BCUT2D eigenvalue weighted by Gasteiger charge is -2.27. The van der Waals surface area contributed by atoms with Crippen molar-refractivity contribution in [1.82, 2.24) is 5.32 Å². The first-order valence-corrected chi connectivity index (χ1v) is 14.6. The van der Waals surface area contributed by atoms with Gasteiger partial charge in [0.15, 0.2) is 9.84 Å². The van der Waals surface area contributed by atoms with Crippen LogP contribution in [0.5, 0.6) is 11.5 Å². The molecule has 1 atom stereocenters. The van der Waals surface area contributed by atoms with Crippen LogP contribution in [0.15, 0.2) is 76.5 Å². The van der Waals surface area contributed by atoms with Crippen molar-refractivity contribution in [3.05, 3.63) is 77.9 Å². The summed E-state index contributed by atoms with van der Waals surface area (Å²) in [5.41, 5.74) is 1.69. The highest BCUT2D eigenvalue weighted by molar-refractivity contribution is 7.93. The van der Waals surface area contributed by atoms with Crippen LogP contribution in [0.25, 0.3) is 0 Å². The van der Waals surface area contributed by atoms with Gasteiger partial charge in [0.05, 0.1) is 35.7 Å². The molecule has 3 rings (SSSR count). The predicted octanol–water partition coefficient (Wildman–Crippen LogP) is 3.49. The van der Waals surface area contributed by atoms with Crippen molar-refractivity contribution in [1.29, 1.82) is 0 Å². The number of ether oxygens (including phenoxy) is 2. The van der Waals surface area contributed by atoms with Gasteiger partial charge < -0.3 is 14.8 Å². The number of sulfonamides is 1. The highest BCUT2D eigenvalue weighted by atomic mass is 32.2. The molecule has 0 aliphatic carbocycles. The first-order chi connectivity index (χ1) is 17.4. The van der Waals surface area contributed by atoms with Crippen molar-refractivity contribution in [3.63, 3.8) is 0 Å². The summed E-state index contributed by atoms with van der Waals surface area (Å²) >= 11 is 0. The summed E-state index contributed by atoms with van der Waals surface area (Å²) in [6.07, 6.45) is 1.11. The normalized spacial score (nSPS) is 12.5. The third-order valence-corrected chi connectivity index (χ3v) is 8.64. The van der Waals surface area contributed by atoms with E-state index in [0.29, 0.717) is 11.3 Å². The number of anilines is 1. The second-order valence-corrected chi connectivity index (χ2v) is 12.4. The third kappa shape index (κ3) is 6.60. The maximum atomic E-state index is 13.7. The van der Waals surface area contributed by atoms with Crippen molar-refractivity contribution >= 4 is 31.5 Å². The molecule has 198 valence electrons. The Bertz CT molecular complexity index is 1470. The molecule has 0 spiro atoms. The lowest BCUT2D eigenvalue weighted by atomic mass is 10.1. The monoisotopic (exact) mass is 546 g/mol. The molecular weight excluding hydrogens is 516 g/mol. The summed E-state index contributed by atoms with van der Waals surface area (Å²) in [6, 6.07) is 16.6. The van der Waals surface area contributed by atoms with E-state index in [0.717, 1.165) is 16.1 Å². The van der Waals surface area contributed by atoms with Gasteiger partial charge in [-0.2, -0.15) is 0 Å². The molecule has 0 aromatic heterocycles. The molecule has 1 unspecified atom stereocenters. The van der Waals surface area contributed by atoms with Gasteiger partial charge in [-0.3, -0.25) is 9.10 Å². The van der Waals surface area contributed by atoms with Crippen LogP contribution in [-0.4, -0.2) is 49.8 Å². The smallest absolute Gasteiger partial charge is 0.264 e. The molecule has 9 nitrogen and oxygen atoms in total. The van der Waals surface area contributed by atoms with E-state index in [-0.39, 0.29) is 21.2 Å². The van der Waals surface area contributed by atoms with Crippen molar-refractivity contribution in [2.75, 3.05) is 31.3 Å². The molecule has 0 aliphatic rings. The van der Waals surface area contributed by atoms with E-state index in [1.165, 1.54) is 44.6 Å². The summed E-state index contributed by atoms with van der Waals surface area (Å²) < 4.78 is 62.6. The highest BCUT2D eigenvalue weighted by Gasteiger charge is 2.30. The second-order valence-electron chi connectivity index (χ2n) is 8.49. The maximum Gasteiger partial charge on any atom is 0.264 e. The van der Waals surface area contributed by atoms with E-state index < -0.39 is 38.4 Å². The van der Waals surface area contributed by atoms with Crippen LogP contribution in [0, 0.1) is 6.92 Å². The number of amides is 1. The predicted molar refractivity (Wildman–Crippen MR) is 141 cm³/mol. The molecule has 0 fully saturated rings. The number of nitrogens with one attached hydrogen (secondary N) is 1. The van der Waals surface area contributed by atoms with E-state index >= 15 is 0 Å².